The molecule has 7 nitrogen and oxygen atoms in total. The molecule has 0 saturated carbocycles. The molecule has 0 atom stereocenters. The van der Waals surface area contributed by atoms with Crippen molar-refractivity contribution in [3.63, 3.8) is 0 Å². The molecule has 3 aromatic heterocycles. The minimum absolute atomic E-state index is 0.592. The van der Waals surface area contributed by atoms with E-state index >= 15 is 0 Å². The van der Waals surface area contributed by atoms with Crippen LogP contribution in [0.3, 0.4) is 0 Å². The molecule has 0 unspecified atom stereocenters. The smallest absolute Gasteiger partial charge is 0.170 e. The number of hydrogen-bond acceptors (Lipinski definition) is 7. The SMILES string of the molecule is c1ccc(-c2nc(-c3ccccc3)nc(-c3cccc(-c4ccc5c(c4)Oc4cc(-c6ccc(-c7cccnc7)cc6)c(-c6ccc(-c7cccnc7)cc6)cc4O5)c3)n2)cc1. The summed E-state index contributed by atoms with van der Waals surface area (Å²) in [5, 5.41) is 0. The fourth-order valence-electron chi connectivity index (χ4n) is 7.81. The number of ether oxygens (including phenoxy) is 2. The van der Waals surface area contributed by atoms with Gasteiger partial charge in [0, 0.05) is 41.5 Å². The van der Waals surface area contributed by atoms with Gasteiger partial charge >= 0.3 is 0 Å². The summed E-state index contributed by atoms with van der Waals surface area (Å²) in [5.41, 5.74) is 13.2. The first-order valence-electron chi connectivity index (χ1n) is 20.4. The summed E-state index contributed by atoms with van der Waals surface area (Å²) in [6, 6.07) is 63.7. The van der Waals surface area contributed by atoms with Gasteiger partial charge in [-0.1, -0.05) is 146 Å². The minimum Gasteiger partial charge on any atom is -0.449 e. The van der Waals surface area contributed by atoms with Crippen molar-refractivity contribution >= 4 is 0 Å². The summed E-state index contributed by atoms with van der Waals surface area (Å²) in [7, 11) is 0. The molecule has 7 aromatic carbocycles. The molecule has 0 spiro atoms. The number of fused-ring (bicyclic) bond motifs is 2. The Balaban J connectivity index is 0.947. The van der Waals surface area contributed by atoms with Gasteiger partial charge in [-0.3, -0.25) is 9.97 Å². The van der Waals surface area contributed by atoms with Gasteiger partial charge in [0.1, 0.15) is 0 Å². The van der Waals surface area contributed by atoms with Crippen molar-refractivity contribution in [3.8, 4) is 113 Å². The van der Waals surface area contributed by atoms with Crippen molar-refractivity contribution in [2.75, 3.05) is 0 Å². The molecule has 0 radical (unpaired) electrons. The molecule has 0 fully saturated rings. The molecular formula is C55H35N5O2. The number of nitrogens with zero attached hydrogens (tertiary/aromatic N) is 5. The van der Waals surface area contributed by atoms with E-state index in [0.717, 1.165) is 72.3 Å². The molecule has 62 heavy (non-hydrogen) atoms. The number of hydrogen-bond donors (Lipinski definition) is 0. The molecule has 1 aliphatic heterocycles. The molecule has 0 N–H and O–H groups in total. The molecule has 0 saturated heterocycles. The molecule has 11 rings (SSSR count). The summed E-state index contributed by atoms with van der Waals surface area (Å²) in [6.07, 6.45) is 7.34. The molecule has 0 bridgehead atoms. The average molecular weight is 798 g/mol. The second-order valence-electron chi connectivity index (χ2n) is 15.0. The number of pyridine rings is 2. The summed E-state index contributed by atoms with van der Waals surface area (Å²) in [5.74, 6) is 4.38. The van der Waals surface area contributed by atoms with Crippen molar-refractivity contribution in [1.82, 2.24) is 24.9 Å². The van der Waals surface area contributed by atoms with Crippen LogP contribution in [0.25, 0.3) is 89.8 Å². The van der Waals surface area contributed by atoms with Gasteiger partial charge in [-0.25, -0.2) is 15.0 Å². The van der Waals surface area contributed by atoms with Crippen LogP contribution in [-0.4, -0.2) is 24.9 Å². The molecule has 4 heterocycles. The van der Waals surface area contributed by atoms with E-state index in [2.05, 4.69) is 101 Å². The lowest BCUT2D eigenvalue weighted by Crippen LogP contribution is -2.01. The second kappa shape index (κ2) is 15.9. The maximum absolute atomic E-state index is 6.73. The van der Waals surface area contributed by atoms with Crippen LogP contribution in [-0.2, 0) is 0 Å². The lowest BCUT2D eigenvalue weighted by atomic mass is 9.92. The van der Waals surface area contributed by atoms with E-state index in [4.69, 9.17) is 24.4 Å². The Hall–Kier alpha value is -8.55. The van der Waals surface area contributed by atoms with Gasteiger partial charge < -0.3 is 9.47 Å². The van der Waals surface area contributed by atoms with Gasteiger partial charge in [-0.15, -0.1) is 0 Å². The summed E-state index contributed by atoms with van der Waals surface area (Å²) in [6.45, 7) is 0. The Bertz CT molecular complexity index is 3140. The van der Waals surface area contributed by atoms with Crippen LogP contribution in [0.4, 0.5) is 0 Å². The third-order valence-corrected chi connectivity index (χ3v) is 11.0. The van der Waals surface area contributed by atoms with Crippen molar-refractivity contribution in [3.05, 3.63) is 213 Å². The van der Waals surface area contributed by atoms with Crippen molar-refractivity contribution < 1.29 is 9.47 Å². The van der Waals surface area contributed by atoms with E-state index in [1.54, 1.807) is 12.4 Å². The van der Waals surface area contributed by atoms with Gasteiger partial charge in [0.25, 0.3) is 0 Å². The number of aromatic nitrogens is 5. The van der Waals surface area contributed by atoms with E-state index in [9.17, 15) is 0 Å². The quantitative estimate of drug-likeness (QED) is 0.151. The molecular weight excluding hydrogens is 763 g/mol. The predicted octanol–water partition coefficient (Wildman–Crippen LogP) is 13.9. The maximum Gasteiger partial charge on any atom is 0.170 e. The van der Waals surface area contributed by atoms with Gasteiger partial charge in [0.05, 0.1) is 0 Å². The Morgan fingerprint density at radius 2 is 0.661 bits per heavy atom. The lowest BCUT2D eigenvalue weighted by molar-refractivity contribution is 0.360. The Labute approximate surface area is 358 Å². The molecule has 0 amide bonds. The van der Waals surface area contributed by atoms with Crippen LogP contribution in [0.1, 0.15) is 0 Å². The zero-order chi connectivity index (χ0) is 41.2. The molecule has 292 valence electrons. The third-order valence-electron chi connectivity index (χ3n) is 11.0. The Kier molecular flexibility index (Phi) is 9.37. The van der Waals surface area contributed by atoms with E-state index in [0.29, 0.717) is 40.5 Å². The van der Waals surface area contributed by atoms with Crippen LogP contribution in [0.15, 0.2) is 213 Å². The second-order valence-corrected chi connectivity index (χ2v) is 15.0. The largest absolute Gasteiger partial charge is 0.449 e. The number of rotatable bonds is 8. The minimum atomic E-state index is 0.592. The van der Waals surface area contributed by atoms with E-state index in [1.165, 1.54) is 0 Å². The van der Waals surface area contributed by atoms with Crippen molar-refractivity contribution in [1.29, 1.82) is 0 Å². The third kappa shape index (κ3) is 7.24. The molecule has 10 aromatic rings. The molecule has 7 heteroatoms. The van der Waals surface area contributed by atoms with Crippen LogP contribution in [0.2, 0.25) is 0 Å². The lowest BCUT2D eigenvalue weighted by Gasteiger charge is -2.24. The Morgan fingerprint density at radius 3 is 1.18 bits per heavy atom. The van der Waals surface area contributed by atoms with E-state index < -0.39 is 0 Å². The zero-order valence-corrected chi connectivity index (χ0v) is 33.3. The van der Waals surface area contributed by atoms with Crippen molar-refractivity contribution in [2.45, 2.75) is 0 Å². The first-order chi connectivity index (χ1) is 30.7. The van der Waals surface area contributed by atoms with Gasteiger partial charge in [0.2, 0.25) is 0 Å². The van der Waals surface area contributed by atoms with Crippen LogP contribution in [0, 0.1) is 0 Å². The highest BCUT2D eigenvalue weighted by Crippen LogP contribution is 2.51. The van der Waals surface area contributed by atoms with E-state index in [-0.39, 0.29) is 0 Å². The highest BCUT2D eigenvalue weighted by molar-refractivity contribution is 5.88. The highest BCUT2D eigenvalue weighted by atomic mass is 16.6. The zero-order valence-electron chi connectivity index (χ0n) is 33.3. The molecule has 1 aliphatic rings. The Morgan fingerprint density at radius 1 is 0.258 bits per heavy atom. The van der Waals surface area contributed by atoms with Gasteiger partial charge in [-0.05, 0) is 98.1 Å². The number of benzene rings is 7. The monoisotopic (exact) mass is 797 g/mol. The first kappa shape index (κ1) is 36.5. The molecule has 0 aliphatic carbocycles. The van der Waals surface area contributed by atoms with Crippen LogP contribution < -0.4 is 9.47 Å². The summed E-state index contributed by atoms with van der Waals surface area (Å²) < 4.78 is 13.4. The highest BCUT2D eigenvalue weighted by Gasteiger charge is 2.24. The topological polar surface area (TPSA) is 82.9 Å². The fraction of sp³-hybridized carbons (Fsp3) is 0. The van der Waals surface area contributed by atoms with Crippen LogP contribution in [0.5, 0.6) is 23.0 Å². The first-order valence-corrected chi connectivity index (χ1v) is 20.4. The van der Waals surface area contributed by atoms with Crippen LogP contribution >= 0.6 is 0 Å². The average Bonchev–Trinajstić information content (AvgIpc) is 3.36. The summed E-state index contributed by atoms with van der Waals surface area (Å²) >= 11 is 0. The van der Waals surface area contributed by atoms with E-state index in [1.807, 2.05) is 109 Å². The summed E-state index contributed by atoms with van der Waals surface area (Å²) in [4.78, 5) is 23.4. The predicted molar refractivity (Wildman–Crippen MR) is 245 cm³/mol. The van der Waals surface area contributed by atoms with Gasteiger partial charge in [-0.2, -0.15) is 0 Å². The maximum atomic E-state index is 6.73. The van der Waals surface area contributed by atoms with Crippen molar-refractivity contribution in [2.24, 2.45) is 0 Å². The fourth-order valence-corrected chi connectivity index (χ4v) is 7.81. The normalized spacial score (nSPS) is 11.5. The standard InChI is InChI=1S/C55H35N5O2/c1-3-10-40(11-4-1)53-58-54(41-12-5-2-6-13-41)60-55(59-53)44-15-7-14-42(30-44)43-26-27-49-50(31-43)62-52-33-48(39-24-20-37(21-25-39)46-17-9-29-57-35-46)47(32-51(52)61-49)38-22-18-36(19-23-38)45-16-8-28-56-34-45/h1-35H. The van der Waals surface area contributed by atoms with Gasteiger partial charge in [0.15, 0.2) is 40.5 Å².